The van der Waals surface area contributed by atoms with Crippen LogP contribution in [0.25, 0.3) is 0 Å². The van der Waals surface area contributed by atoms with Crippen molar-refractivity contribution in [3.8, 4) is 0 Å². The Morgan fingerprint density at radius 1 is 1.32 bits per heavy atom. The third-order valence-electron chi connectivity index (χ3n) is 3.11. The first-order chi connectivity index (χ1) is 8.85. The van der Waals surface area contributed by atoms with E-state index in [0.29, 0.717) is 6.54 Å². The summed E-state index contributed by atoms with van der Waals surface area (Å²) in [5.41, 5.74) is -1.14. The van der Waals surface area contributed by atoms with Crippen molar-refractivity contribution in [1.82, 2.24) is 5.32 Å². The average Bonchev–Trinajstić information content (AvgIpc) is 3.15. The number of hydrogen-bond donors (Lipinski definition) is 1. The minimum Gasteiger partial charge on any atom is -0.468 e. The highest BCUT2D eigenvalue weighted by Crippen LogP contribution is 2.41. The minimum atomic E-state index is -4.39. The lowest BCUT2D eigenvalue weighted by Gasteiger charge is -2.32. The molecule has 0 amide bonds. The van der Waals surface area contributed by atoms with Crippen molar-refractivity contribution in [3.05, 3.63) is 0 Å². The summed E-state index contributed by atoms with van der Waals surface area (Å²) in [6, 6.07) is 0. The smallest absolute Gasteiger partial charge is 0.411 e. The van der Waals surface area contributed by atoms with E-state index in [2.05, 4.69) is 5.32 Å². The summed E-state index contributed by atoms with van der Waals surface area (Å²) in [5, 5.41) is 3.01. The molecule has 1 unspecified atom stereocenters. The summed E-state index contributed by atoms with van der Waals surface area (Å²) in [6.45, 7) is 0.773. The normalized spacial score (nSPS) is 19.0. The van der Waals surface area contributed by atoms with Gasteiger partial charge in [0.15, 0.2) is 0 Å². The van der Waals surface area contributed by atoms with Gasteiger partial charge < -0.3 is 9.47 Å². The summed E-state index contributed by atoms with van der Waals surface area (Å²) in [5.74, 6) is -0.564. The van der Waals surface area contributed by atoms with Gasteiger partial charge in [0.2, 0.25) is 0 Å². The molecule has 1 aliphatic rings. The summed E-state index contributed by atoms with van der Waals surface area (Å²) >= 11 is 0. The molecule has 0 saturated heterocycles. The van der Waals surface area contributed by atoms with Gasteiger partial charge in [-0.15, -0.1) is 0 Å². The molecule has 19 heavy (non-hydrogen) atoms. The molecule has 112 valence electrons. The zero-order chi connectivity index (χ0) is 14.5. The van der Waals surface area contributed by atoms with Crippen molar-refractivity contribution in [1.29, 1.82) is 0 Å². The lowest BCUT2D eigenvalue weighted by molar-refractivity contribution is -0.184. The van der Waals surface area contributed by atoms with Crippen LogP contribution in [0.15, 0.2) is 0 Å². The van der Waals surface area contributed by atoms with Gasteiger partial charge in [-0.3, -0.25) is 5.32 Å². The van der Waals surface area contributed by atoms with Gasteiger partial charge in [0.05, 0.1) is 13.7 Å². The Bertz CT molecular complexity index is 305. The molecule has 0 aromatic rings. The highest BCUT2D eigenvalue weighted by Gasteiger charge is 2.52. The molecule has 0 radical (unpaired) electrons. The van der Waals surface area contributed by atoms with Crippen LogP contribution in [0.3, 0.4) is 0 Å². The van der Waals surface area contributed by atoms with Crippen LogP contribution < -0.4 is 5.32 Å². The van der Waals surface area contributed by atoms with E-state index in [-0.39, 0.29) is 12.5 Å². The minimum absolute atomic E-state index is 0.0141. The monoisotopic (exact) mass is 283 g/mol. The summed E-state index contributed by atoms with van der Waals surface area (Å²) in [4.78, 5) is 11.9. The van der Waals surface area contributed by atoms with Crippen molar-refractivity contribution >= 4 is 5.97 Å². The SMILES string of the molecule is CCCNC(COCC(F)(F)F)(C(=O)OC)C1CC1. The van der Waals surface area contributed by atoms with Gasteiger partial charge in [0, 0.05) is 0 Å². The molecule has 1 aliphatic carbocycles. The van der Waals surface area contributed by atoms with E-state index in [4.69, 9.17) is 9.47 Å². The number of alkyl halides is 3. The van der Waals surface area contributed by atoms with Crippen LogP contribution in [0, 0.1) is 5.92 Å². The number of halogens is 3. The largest absolute Gasteiger partial charge is 0.468 e. The Kier molecular flexibility index (Phi) is 5.61. The number of ether oxygens (including phenoxy) is 2. The van der Waals surface area contributed by atoms with Crippen LogP contribution in [-0.2, 0) is 14.3 Å². The maximum absolute atomic E-state index is 12.1. The van der Waals surface area contributed by atoms with Crippen LogP contribution in [-0.4, -0.2) is 44.6 Å². The van der Waals surface area contributed by atoms with Gasteiger partial charge in [-0.2, -0.15) is 13.2 Å². The Morgan fingerprint density at radius 2 is 1.95 bits per heavy atom. The van der Waals surface area contributed by atoms with E-state index >= 15 is 0 Å². The number of nitrogens with one attached hydrogen (secondary N) is 1. The number of carbonyl (C=O) groups excluding carboxylic acids is 1. The molecule has 0 spiro atoms. The Labute approximate surface area is 110 Å². The number of esters is 1. The van der Waals surface area contributed by atoms with Gasteiger partial charge >= 0.3 is 12.1 Å². The van der Waals surface area contributed by atoms with E-state index in [1.54, 1.807) is 0 Å². The number of carbonyl (C=O) groups is 1. The summed E-state index contributed by atoms with van der Waals surface area (Å²) in [7, 11) is 1.23. The van der Waals surface area contributed by atoms with E-state index in [1.807, 2.05) is 6.92 Å². The van der Waals surface area contributed by atoms with E-state index in [9.17, 15) is 18.0 Å². The van der Waals surface area contributed by atoms with Gasteiger partial charge in [-0.05, 0) is 31.7 Å². The van der Waals surface area contributed by atoms with Crippen LogP contribution in [0.4, 0.5) is 13.2 Å². The molecule has 1 rings (SSSR count). The first-order valence-electron chi connectivity index (χ1n) is 6.33. The van der Waals surface area contributed by atoms with Crippen molar-refractivity contribution in [3.63, 3.8) is 0 Å². The van der Waals surface area contributed by atoms with Gasteiger partial charge in [0.25, 0.3) is 0 Å². The second kappa shape index (κ2) is 6.56. The molecule has 0 aromatic heterocycles. The van der Waals surface area contributed by atoms with E-state index < -0.39 is 24.3 Å². The molecule has 0 bridgehead atoms. The fraction of sp³-hybridized carbons (Fsp3) is 0.917. The Balaban J connectivity index is 2.69. The lowest BCUT2D eigenvalue weighted by Crippen LogP contribution is -2.58. The van der Waals surface area contributed by atoms with Crippen LogP contribution in [0.2, 0.25) is 0 Å². The molecule has 1 fully saturated rings. The highest BCUT2D eigenvalue weighted by atomic mass is 19.4. The molecule has 4 nitrogen and oxygen atoms in total. The first-order valence-corrected chi connectivity index (χ1v) is 6.33. The number of rotatable bonds is 8. The van der Waals surface area contributed by atoms with Crippen molar-refractivity contribution in [2.75, 3.05) is 26.9 Å². The highest BCUT2D eigenvalue weighted by molar-refractivity contribution is 5.82. The van der Waals surface area contributed by atoms with Crippen LogP contribution in [0.5, 0.6) is 0 Å². The lowest BCUT2D eigenvalue weighted by atomic mass is 9.94. The standard InChI is InChI=1S/C12H20F3NO3/c1-3-6-16-11(9-4-5-9,10(17)18-2)7-19-8-12(13,14)15/h9,16H,3-8H2,1-2H3. The zero-order valence-electron chi connectivity index (χ0n) is 11.2. The zero-order valence-corrected chi connectivity index (χ0v) is 11.2. The van der Waals surface area contributed by atoms with Crippen molar-refractivity contribution in [2.45, 2.75) is 37.9 Å². The molecule has 0 heterocycles. The summed E-state index contributed by atoms with van der Waals surface area (Å²) in [6.07, 6.45) is -2.04. The molecule has 7 heteroatoms. The second-order valence-corrected chi connectivity index (χ2v) is 4.77. The fourth-order valence-corrected chi connectivity index (χ4v) is 2.05. The molecule has 0 aliphatic heterocycles. The predicted octanol–water partition coefficient (Wildman–Crippen LogP) is 1.89. The quantitative estimate of drug-likeness (QED) is 0.691. The van der Waals surface area contributed by atoms with Crippen molar-refractivity contribution < 1.29 is 27.4 Å². The van der Waals surface area contributed by atoms with Crippen molar-refractivity contribution in [2.24, 2.45) is 5.92 Å². The van der Waals surface area contributed by atoms with E-state index in [1.165, 1.54) is 7.11 Å². The maximum atomic E-state index is 12.1. The van der Waals surface area contributed by atoms with Crippen LogP contribution >= 0.6 is 0 Å². The van der Waals surface area contributed by atoms with Crippen LogP contribution in [0.1, 0.15) is 26.2 Å². The number of methoxy groups -OCH3 is 1. The predicted molar refractivity (Wildman–Crippen MR) is 62.6 cm³/mol. The summed E-state index contributed by atoms with van der Waals surface area (Å²) < 4.78 is 45.8. The third kappa shape index (κ3) is 4.65. The number of hydrogen-bond acceptors (Lipinski definition) is 4. The fourth-order valence-electron chi connectivity index (χ4n) is 2.05. The van der Waals surface area contributed by atoms with Gasteiger partial charge in [0.1, 0.15) is 12.1 Å². The third-order valence-corrected chi connectivity index (χ3v) is 3.11. The first kappa shape index (κ1) is 16.2. The van der Waals surface area contributed by atoms with Gasteiger partial charge in [-0.25, -0.2) is 4.79 Å². The maximum Gasteiger partial charge on any atom is 0.411 e. The molecule has 0 aromatic carbocycles. The molecule has 1 N–H and O–H groups in total. The topological polar surface area (TPSA) is 47.6 Å². The molecular weight excluding hydrogens is 263 g/mol. The second-order valence-electron chi connectivity index (χ2n) is 4.77. The molecule has 1 saturated carbocycles. The molecular formula is C12H20F3NO3. The molecule has 1 atom stereocenters. The Morgan fingerprint density at radius 3 is 2.37 bits per heavy atom. The van der Waals surface area contributed by atoms with Gasteiger partial charge in [-0.1, -0.05) is 6.92 Å². The van der Waals surface area contributed by atoms with E-state index in [0.717, 1.165) is 19.3 Å². The Hall–Kier alpha value is -0.820. The average molecular weight is 283 g/mol.